The van der Waals surface area contributed by atoms with E-state index >= 15 is 0 Å². The standard InChI is InChI=1S/C23H34N2O/c1-24-13-10-23-9-5-4-8-18(23)20(24)14-17-15-21(22(26-2)16-19(17)23)25-11-6-3-7-12-25/h15-16,18,20H,3-14H2,1-2H3/t18-,20+,23+/m1/s1. The Balaban J connectivity index is 1.62. The lowest BCUT2D eigenvalue weighted by molar-refractivity contribution is 0.00276. The first kappa shape index (κ1) is 16.9. The molecule has 3 atom stereocenters. The Morgan fingerprint density at radius 3 is 2.65 bits per heavy atom. The van der Waals surface area contributed by atoms with Crippen LogP contribution >= 0.6 is 0 Å². The van der Waals surface area contributed by atoms with Crippen LogP contribution in [-0.4, -0.2) is 44.7 Å². The van der Waals surface area contributed by atoms with E-state index in [1.165, 1.54) is 83.1 Å². The van der Waals surface area contributed by atoms with E-state index in [-0.39, 0.29) is 0 Å². The van der Waals surface area contributed by atoms with Crippen LogP contribution in [-0.2, 0) is 11.8 Å². The van der Waals surface area contributed by atoms with Crippen molar-refractivity contribution in [2.75, 3.05) is 38.7 Å². The van der Waals surface area contributed by atoms with Gasteiger partial charge in [-0.05, 0) is 87.7 Å². The van der Waals surface area contributed by atoms with Gasteiger partial charge in [-0.1, -0.05) is 12.8 Å². The van der Waals surface area contributed by atoms with Gasteiger partial charge in [-0.3, -0.25) is 0 Å². The fraction of sp³-hybridized carbons (Fsp3) is 0.739. The van der Waals surface area contributed by atoms with Crippen molar-refractivity contribution in [2.24, 2.45) is 5.92 Å². The average molecular weight is 355 g/mol. The molecule has 1 aromatic rings. The molecule has 2 saturated heterocycles. The van der Waals surface area contributed by atoms with Gasteiger partial charge in [-0.2, -0.15) is 0 Å². The van der Waals surface area contributed by atoms with E-state index in [0.29, 0.717) is 5.41 Å². The van der Waals surface area contributed by atoms with E-state index in [1.807, 2.05) is 7.11 Å². The van der Waals surface area contributed by atoms with Crippen molar-refractivity contribution in [3.8, 4) is 5.75 Å². The highest BCUT2D eigenvalue weighted by Crippen LogP contribution is 2.56. The minimum absolute atomic E-state index is 0.427. The summed E-state index contributed by atoms with van der Waals surface area (Å²) in [5.74, 6) is 1.98. The van der Waals surface area contributed by atoms with Crippen LogP contribution < -0.4 is 9.64 Å². The first-order chi connectivity index (χ1) is 12.7. The largest absolute Gasteiger partial charge is 0.495 e. The zero-order chi connectivity index (χ0) is 17.7. The van der Waals surface area contributed by atoms with Gasteiger partial charge in [0.1, 0.15) is 5.75 Å². The van der Waals surface area contributed by atoms with E-state index < -0.39 is 0 Å². The zero-order valence-corrected chi connectivity index (χ0v) is 16.6. The minimum Gasteiger partial charge on any atom is -0.495 e. The molecule has 2 heterocycles. The van der Waals surface area contributed by atoms with Crippen LogP contribution in [0.2, 0.25) is 0 Å². The Morgan fingerprint density at radius 2 is 1.85 bits per heavy atom. The topological polar surface area (TPSA) is 15.7 Å². The molecule has 3 nitrogen and oxygen atoms in total. The monoisotopic (exact) mass is 354 g/mol. The summed E-state index contributed by atoms with van der Waals surface area (Å²) in [6.45, 7) is 3.63. The number of rotatable bonds is 2. The lowest BCUT2D eigenvalue weighted by atomic mass is 9.52. The molecule has 2 aliphatic carbocycles. The summed E-state index contributed by atoms with van der Waals surface area (Å²) in [4.78, 5) is 5.24. The SMILES string of the molecule is COc1cc2c(cc1N1CCCCC1)C[C@H]1[C@H]3CCCC[C@@]23CCN1C. The number of hydrogen-bond acceptors (Lipinski definition) is 3. The number of hydrogen-bond donors (Lipinski definition) is 0. The highest BCUT2D eigenvalue weighted by molar-refractivity contribution is 5.64. The van der Waals surface area contributed by atoms with Gasteiger partial charge in [-0.15, -0.1) is 0 Å². The van der Waals surface area contributed by atoms with Gasteiger partial charge in [0.05, 0.1) is 12.8 Å². The third-order valence-electron chi connectivity index (χ3n) is 8.11. The zero-order valence-electron chi connectivity index (χ0n) is 16.6. The van der Waals surface area contributed by atoms with Gasteiger partial charge < -0.3 is 14.5 Å². The number of piperidine rings is 2. The van der Waals surface area contributed by atoms with Crippen molar-refractivity contribution in [2.45, 2.75) is 69.2 Å². The van der Waals surface area contributed by atoms with E-state index in [2.05, 4.69) is 29.0 Å². The molecule has 1 aromatic carbocycles. The molecular weight excluding hydrogens is 320 g/mol. The molecule has 142 valence electrons. The highest BCUT2D eigenvalue weighted by atomic mass is 16.5. The summed E-state index contributed by atoms with van der Waals surface area (Å²) in [6, 6.07) is 5.75. The maximum absolute atomic E-state index is 5.95. The molecule has 0 N–H and O–H groups in total. The van der Waals surface area contributed by atoms with Crippen LogP contribution in [0, 0.1) is 5.92 Å². The fourth-order valence-corrected chi connectivity index (χ4v) is 6.77. The molecule has 5 rings (SSSR count). The molecule has 3 heteroatoms. The number of fused-ring (bicyclic) bond motifs is 1. The molecule has 0 unspecified atom stereocenters. The van der Waals surface area contributed by atoms with E-state index in [0.717, 1.165) is 17.7 Å². The number of benzene rings is 1. The molecular formula is C23H34N2O. The third-order valence-corrected chi connectivity index (χ3v) is 8.11. The lowest BCUT2D eigenvalue weighted by Crippen LogP contribution is -2.59. The van der Waals surface area contributed by atoms with Crippen LogP contribution in [0.3, 0.4) is 0 Å². The maximum atomic E-state index is 5.95. The lowest BCUT2D eigenvalue weighted by Gasteiger charge is -2.58. The maximum Gasteiger partial charge on any atom is 0.142 e. The molecule has 0 spiro atoms. The predicted octanol–water partition coefficient (Wildman–Crippen LogP) is 4.37. The van der Waals surface area contributed by atoms with Crippen molar-refractivity contribution in [1.29, 1.82) is 0 Å². The van der Waals surface area contributed by atoms with Crippen molar-refractivity contribution in [3.63, 3.8) is 0 Å². The quantitative estimate of drug-likeness (QED) is 0.784. The van der Waals surface area contributed by atoms with Gasteiger partial charge in [0.15, 0.2) is 0 Å². The molecule has 0 amide bonds. The van der Waals surface area contributed by atoms with Gasteiger partial charge >= 0.3 is 0 Å². The molecule has 0 radical (unpaired) electrons. The molecule has 2 bridgehead atoms. The van der Waals surface area contributed by atoms with Crippen molar-refractivity contribution >= 4 is 5.69 Å². The number of anilines is 1. The summed E-state index contributed by atoms with van der Waals surface area (Å²) in [6.07, 6.45) is 12.2. The van der Waals surface area contributed by atoms with Gasteiger partial charge in [0.25, 0.3) is 0 Å². The number of likely N-dealkylation sites (N-methyl/N-ethyl adjacent to an activating group) is 1. The first-order valence-corrected chi connectivity index (χ1v) is 10.9. The van der Waals surface area contributed by atoms with Crippen LogP contribution in [0.15, 0.2) is 12.1 Å². The molecule has 4 aliphatic rings. The normalized spacial score (nSPS) is 34.2. The summed E-state index contributed by atoms with van der Waals surface area (Å²) in [5.41, 5.74) is 5.07. The Morgan fingerprint density at radius 1 is 1.00 bits per heavy atom. The predicted molar refractivity (Wildman–Crippen MR) is 107 cm³/mol. The molecule has 0 aromatic heterocycles. The summed E-state index contributed by atoms with van der Waals surface area (Å²) in [7, 11) is 4.23. The number of ether oxygens (including phenoxy) is 1. The Bertz CT molecular complexity index is 681. The van der Waals surface area contributed by atoms with Crippen LogP contribution in [0.25, 0.3) is 0 Å². The van der Waals surface area contributed by atoms with Gasteiger partial charge in [0.2, 0.25) is 0 Å². The second kappa shape index (κ2) is 6.44. The minimum atomic E-state index is 0.427. The molecule has 3 fully saturated rings. The number of methoxy groups -OCH3 is 1. The van der Waals surface area contributed by atoms with Crippen molar-refractivity contribution in [3.05, 3.63) is 23.3 Å². The molecule has 2 aliphatic heterocycles. The second-order valence-corrected chi connectivity index (χ2v) is 9.24. The smallest absolute Gasteiger partial charge is 0.142 e. The summed E-state index contributed by atoms with van der Waals surface area (Å²) < 4.78 is 5.95. The number of likely N-dealkylation sites (tertiary alicyclic amines) is 1. The Labute approximate surface area is 158 Å². The van der Waals surface area contributed by atoms with Crippen molar-refractivity contribution < 1.29 is 4.74 Å². The van der Waals surface area contributed by atoms with Crippen LogP contribution in [0.1, 0.15) is 62.5 Å². The van der Waals surface area contributed by atoms with Crippen molar-refractivity contribution in [1.82, 2.24) is 4.90 Å². The van der Waals surface area contributed by atoms with E-state index in [9.17, 15) is 0 Å². The third kappa shape index (κ3) is 2.42. The van der Waals surface area contributed by atoms with E-state index in [1.54, 1.807) is 11.1 Å². The van der Waals surface area contributed by atoms with Crippen LogP contribution in [0.4, 0.5) is 5.69 Å². The fourth-order valence-electron chi connectivity index (χ4n) is 6.77. The Kier molecular flexibility index (Phi) is 4.19. The van der Waals surface area contributed by atoms with E-state index in [4.69, 9.17) is 4.74 Å². The Hall–Kier alpha value is -1.22. The second-order valence-electron chi connectivity index (χ2n) is 9.24. The first-order valence-electron chi connectivity index (χ1n) is 10.9. The number of nitrogens with zero attached hydrogens (tertiary/aromatic N) is 2. The molecule has 26 heavy (non-hydrogen) atoms. The van der Waals surface area contributed by atoms with Crippen LogP contribution in [0.5, 0.6) is 5.75 Å². The molecule has 1 saturated carbocycles. The van der Waals surface area contributed by atoms with Gasteiger partial charge in [-0.25, -0.2) is 0 Å². The highest BCUT2D eigenvalue weighted by Gasteiger charge is 2.53. The average Bonchev–Trinajstić information content (AvgIpc) is 2.70. The van der Waals surface area contributed by atoms with Gasteiger partial charge in [0, 0.05) is 24.5 Å². The summed E-state index contributed by atoms with van der Waals surface area (Å²) >= 11 is 0. The summed E-state index contributed by atoms with van der Waals surface area (Å²) in [5, 5.41) is 0.